The van der Waals surface area contributed by atoms with Gasteiger partial charge in [0, 0.05) is 48.4 Å². The summed E-state index contributed by atoms with van der Waals surface area (Å²) in [7, 11) is -18.2. The number of piperidine rings is 2. The minimum Gasteiger partial charge on any atom is -0.292 e. The maximum Gasteiger partial charge on any atom is 0.547 e. The highest BCUT2D eigenvalue weighted by Crippen LogP contribution is 2.45. The molecule has 5 atom stereocenters. The SMILES string of the molecule is CCOP(=O)(O)ON=C1c2cc(S(=O)(=O)N3C[C@H](C)C[C@H](C)C3)ccc2C(=NOP(=O)(O)O)c2ccc(S(=O)(=O)N3C[C@H](C)C[C@H](C)C3)cc21. The van der Waals surface area contributed by atoms with Crippen molar-refractivity contribution in [3.63, 3.8) is 0 Å². The Hall–Kier alpha value is -2.50. The van der Waals surface area contributed by atoms with E-state index in [9.17, 15) is 40.6 Å². The van der Waals surface area contributed by atoms with E-state index >= 15 is 0 Å². The molecule has 2 saturated heterocycles. The van der Waals surface area contributed by atoms with Crippen molar-refractivity contribution in [1.29, 1.82) is 0 Å². The van der Waals surface area contributed by atoms with E-state index in [-0.39, 0.29) is 99.9 Å². The lowest BCUT2D eigenvalue weighted by Crippen LogP contribution is -2.42. The second-order valence-corrected chi connectivity index (χ2v) is 19.7. The van der Waals surface area contributed by atoms with Crippen molar-refractivity contribution in [2.75, 3.05) is 32.8 Å². The molecule has 20 heteroatoms. The van der Waals surface area contributed by atoms with Crippen LogP contribution in [0.3, 0.4) is 0 Å². The van der Waals surface area contributed by atoms with Crippen molar-refractivity contribution < 1.29 is 54.4 Å². The predicted octanol–water partition coefficient (Wildman–Crippen LogP) is 4.10. The van der Waals surface area contributed by atoms with Crippen LogP contribution in [-0.4, -0.2) is 84.3 Å². The lowest BCUT2D eigenvalue weighted by Gasteiger charge is -2.34. The monoisotopic (exact) mass is 776 g/mol. The molecule has 1 unspecified atom stereocenters. The fourth-order valence-electron chi connectivity index (χ4n) is 6.93. The van der Waals surface area contributed by atoms with Gasteiger partial charge in [0.2, 0.25) is 20.0 Å². The van der Waals surface area contributed by atoms with Gasteiger partial charge >= 0.3 is 15.6 Å². The minimum atomic E-state index is -5.18. The maximum atomic E-state index is 14.0. The summed E-state index contributed by atoms with van der Waals surface area (Å²) in [5.74, 6) is 0.373. The number of hydrogen-bond acceptors (Lipinski definition) is 11. The fraction of sp³-hybridized carbons (Fsp3) is 0.533. The normalized spacial score (nSPS) is 24.9. The van der Waals surface area contributed by atoms with Crippen molar-refractivity contribution in [3.05, 3.63) is 58.7 Å². The lowest BCUT2D eigenvalue weighted by molar-refractivity contribution is 0.160. The zero-order valence-electron chi connectivity index (χ0n) is 28.2. The van der Waals surface area contributed by atoms with E-state index in [0.29, 0.717) is 0 Å². The summed E-state index contributed by atoms with van der Waals surface area (Å²) in [6, 6.07) is 7.71. The number of benzene rings is 2. The first-order valence-electron chi connectivity index (χ1n) is 16.1. The summed E-state index contributed by atoms with van der Waals surface area (Å²) in [6.45, 7) is 10.2. The van der Waals surface area contributed by atoms with Crippen LogP contribution in [0, 0.1) is 23.7 Å². The number of hydrogen-bond donors (Lipinski definition) is 3. The van der Waals surface area contributed by atoms with Gasteiger partial charge in [0.05, 0.1) is 16.4 Å². The van der Waals surface area contributed by atoms with Crippen LogP contribution < -0.4 is 0 Å². The van der Waals surface area contributed by atoms with Crippen LogP contribution in [-0.2, 0) is 42.9 Å². The summed E-state index contributed by atoms with van der Waals surface area (Å²) < 4.78 is 97.3. The van der Waals surface area contributed by atoms with Gasteiger partial charge in [-0.2, -0.15) is 8.61 Å². The molecular formula is C30H42N4O12P2S2. The Bertz CT molecular complexity index is 1890. The lowest BCUT2D eigenvalue weighted by atomic mass is 9.83. The van der Waals surface area contributed by atoms with Crippen molar-refractivity contribution in [3.8, 4) is 0 Å². The van der Waals surface area contributed by atoms with Gasteiger partial charge in [-0.15, -0.1) is 0 Å². The number of rotatable bonds is 10. The number of nitrogens with zero attached hydrogens (tertiary/aromatic N) is 4. The molecule has 0 saturated carbocycles. The molecular weight excluding hydrogens is 734 g/mol. The summed E-state index contributed by atoms with van der Waals surface area (Å²) in [5, 5.41) is 7.65. The number of phosphoric ester groups is 1. The van der Waals surface area contributed by atoms with Crippen molar-refractivity contribution in [1.82, 2.24) is 8.61 Å². The Morgan fingerprint density at radius 2 is 1.06 bits per heavy atom. The van der Waals surface area contributed by atoms with Gasteiger partial charge in [-0.1, -0.05) is 50.1 Å². The second-order valence-electron chi connectivity index (χ2n) is 13.4. The van der Waals surface area contributed by atoms with Crippen LogP contribution in [0.15, 0.2) is 56.5 Å². The van der Waals surface area contributed by atoms with E-state index in [1.165, 1.54) is 51.9 Å². The Labute approximate surface area is 292 Å². The largest absolute Gasteiger partial charge is 0.547 e. The Morgan fingerprint density at radius 1 is 0.680 bits per heavy atom. The maximum absolute atomic E-state index is 14.0. The van der Waals surface area contributed by atoms with Crippen LogP contribution in [0.5, 0.6) is 0 Å². The zero-order valence-corrected chi connectivity index (χ0v) is 31.7. The second kappa shape index (κ2) is 14.5. The minimum absolute atomic E-state index is 0.0593. The number of oxime groups is 2. The summed E-state index contributed by atoms with van der Waals surface area (Å²) in [5.41, 5.74) is -0.444. The van der Waals surface area contributed by atoms with Gasteiger partial charge < -0.3 is 0 Å². The van der Waals surface area contributed by atoms with Crippen LogP contribution >= 0.6 is 15.6 Å². The number of fused-ring (bicyclic) bond motifs is 2. The molecule has 2 aromatic rings. The van der Waals surface area contributed by atoms with E-state index in [4.69, 9.17) is 9.15 Å². The molecule has 2 fully saturated rings. The first kappa shape index (κ1) is 38.7. The average Bonchev–Trinajstić information content (AvgIpc) is 3.00. The first-order chi connectivity index (χ1) is 23.2. The third kappa shape index (κ3) is 8.41. The van der Waals surface area contributed by atoms with E-state index in [2.05, 4.69) is 14.9 Å². The van der Waals surface area contributed by atoms with Crippen LogP contribution in [0.25, 0.3) is 0 Å². The van der Waals surface area contributed by atoms with E-state index in [1.54, 1.807) is 0 Å². The zero-order chi connectivity index (χ0) is 36.8. The van der Waals surface area contributed by atoms with Gasteiger partial charge in [-0.25, -0.2) is 26.0 Å². The molecule has 0 bridgehead atoms. The Morgan fingerprint density at radius 3 is 1.44 bits per heavy atom. The third-order valence-corrected chi connectivity index (χ3v) is 13.5. The first-order valence-corrected chi connectivity index (χ1v) is 22.0. The summed E-state index contributed by atoms with van der Waals surface area (Å²) in [4.78, 5) is 28.9. The molecule has 3 aliphatic rings. The van der Waals surface area contributed by atoms with Crippen LogP contribution in [0.2, 0.25) is 0 Å². The number of phosphoric acid groups is 2. The van der Waals surface area contributed by atoms with Crippen molar-refractivity contribution in [2.24, 2.45) is 34.0 Å². The molecule has 0 spiro atoms. The number of sulfonamides is 2. The molecule has 5 rings (SSSR count). The Kier molecular flexibility index (Phi) is 11.2. The molecule has 0 radical (unpaired) electrons. The highest BCUT2D eigenvalue weighted by Gasteiger charge is 2.38. The van der Waals surface area contributed by atoms with Crippen LogP contribution in [0.4, 0.5) is 0 Å². The fourth-order valence-corrected chi connectivity index (χ4v) is 11.1. The topological polar surface area (TPSA) is 222 Å². The summed E-state index contributed by atoms with van der Waals surface area (Å²) >= 11 is 0. The average molecular weight is 777 g/mol. The quantitative estimate of drug-likeness (QED) is 0.196. The van der Waals surface area contributed by atoms with E-state index < -0.39 is 35.7 Å². The van der Waals surface area contributed by atoms with Gasteiger partial charge in [0.25, 0.3) is 0 Å². The molecule has 1 aliphatic carbocycles. The van der Waals surface area contributed by atoms with E-state index in [0.717, 1.165) is 12.8 Å². The molecule has 2 aromatic carbocycles. The molecule has 50 heavy (non-hydrogen) atoms. The molecule has 16 nitrogen and oxygen atoms in total. The molecule has 3 N–H and O–H groups in total. The van der Waals surface area contributed by atoms with Crippen molar-refractivity contribution in [2.45, 2.75) is 57.3 Å². The highest BCUT2D eigenvalue weighted by molar-refractivity contribution is 7.89. The smallest absolute Gasteiger partial charge is 0.292 e. The standard InChI is InChI=1S/C30H42N4O12P2S2/c1-6-44-48(38,39)46-32-30-27-13-23(49(40,41)33-15-19(2)11-20(3)16-33)7-9-25(27)29(31-45-47(35,36)37)26-10-8-24(14-28(26)30)50(42,43)34-17-21(4)12-22(5)18-34/h7-10,13-14,19-22H,6,11-12,15-18H2,1-5H3,(H,38,39)(H2,35,36,37)/t19-,20+,21-,22+. The molecule has 2 aliphatic heterocycles. The molecule has 2 heterocycles. The van der Waals surface area contributed by atoms with Crippen molar-refractivity contribution >= 4 is 47.1 Å². The predicted molar refractivity (Wildman–Crippen MR) is 183 cm³/mol. The Balaban J connectivity index is 1.74. The molecule has 0 aromatic heterocycles. The van der Waals surface area contributed by atoms with Crippen LogP contribution in [0.1, 0.15) is 69.7 Å². The van der Waals surface area contributed by atoms with E-state index in [1.807, 2.05) is 27.7 Å². The van der Waals surface area contributed by atoms with Gasteiger partial charge in [0.1, 0.15) is 11.4 Å². The summed E-state index contributed by atoms with van der Waals surface area (Å²) in [6.07, 6.45) is 1.70. The third-order valence-electron chi connectivity index (χ3n) is 8.71. The molecule has 276 valence electrons. The van der Waals surface area contributed by atoms with Gasteiger partial charge in [-0.3, -0.25) is 28.5 Å². The molecule has 0 amide bonds. The van der Waals surface area contributed by atoms with Gasteiger partial charge in [0.15, 0.2) is 0 Å². The highest BCUT2D eigenvalue weighted by atomic mass is 32.2. The van der Waals surface area contributed by atoms with Gasteiger partial charge in [-0.05, 0) is 67.7 Å².